The van der Waals surface area contributed by atoms with Crippen LogP contribution in [0.1, 0.15) is 22.5 Å². The number of hydrogen-bond acceptors (Lipinski definition) is 4. The number of benzene rings is 2. The Morgan fingerprint density at radius 3 is 2.31 bits per heavy atom. The van der Waals surface area contributed by atoms with E-state index in [9.17, 15) is 0 Å². The van der Waals surface area contributed by atoms with Crippen molar-refractivity contribution in [2.24, 2.45) is 0 Å². The topological polar surface area (TPSA) is 39.5 Å². The fraction of sp³-hybridized carbons (Fsp3) is 0.375. The number of hydrogen-bond donors (Lipinski definition) is 0. The zero-order valence-electron chi connectivity index (χ0n) is 17.8. The van der Waals surface area contributed by atoms with E-state index in [-0.39, 0.29) is 6.10 Å². The van der Waals surface area contributed by atoms with Gasteiger partial charge in [-0.3, -0.25) is 9.58 Å². The number of para-hydroxylation sites is 1. The lowest BCUT2D eigenvalue weighted by molar-refractivity contribution is 0.0335. The minimum absolute atomic E-state index is 0.000169. The molecule has 0 amide bonds. The number of nitrogens with zero attached hydrogens (tertiary/aromatic N) is 3. The third-order valence-corrected chi connectivity index (χ3v) is 5.16. The highest BCUT2D eigenvalue weighted by molar-refractivity contribution is 5.26. The summed E-state index contributed by atoms with van der Waals surface area (Å²) < 4.78 is 13.6. The maximum atomic E-state index is 5.86. The van der Waals surface area contributed by atoms with Gasteiger partial charge in [0.1, 0.15) is 18.5 Å². The molecular formula is C24H31N3O2. The van der Waals surface area contributed by atoms with Crippen LogP contribution in [0.25, 0.3) is 0 Å². The second-order valence-electron chi connectivity index (χ2n) is 7.47. The maximum absolute atomic E-state index is 5.86. The van der Waals surface area contributed by atoms with Crippen molar-refractivity contribution >= 4 is 0 Å². The highest BCUT2D eigenvalue weighted by Gasteiger charge is 2.17. The predicted molar refractivity (Wildman–Crippen MR) is 116 cm³/mol. The van der Waals surface area contributed by atoms with Crippen molar-refractivity contribution in [3.63, 3.8) is 0 Å². The summed E-state index contributed by atoms with van der Waals surface area (Å²) in [6.07, 6.45) is 0.000169. The van der Waals surface area contributed by atoms with Gasteiger partial charge in [0.15, 0.2) is 0 Å². The molecule has 3 aromatic rings. The Morgan fingerprint density at radius 1 is 1.00 bits per heavy atom. The van der Waals surface area contributed by atoms with Crippen LogP contribution >= 0.6 is 0 Å². The summed E-state index contributed by atoms with van der Waals surface area (Å²) in [4.78, 5) is 2.27. The van der Waals surface area contributed by atoms with Crippen LogP contribution in [0.3, 0.4) is 0 Å². The fourth-order valence-corrected chi connectivity index (χ4v) is 3.46. The maximum Gasteiger partial charge on any atom is 0.119 e. The van der Waals surface area contributed by atoms with E-state index in [2.05, 4.69) is 54.7 Å². The Balaban J connectivity index is 1.58. The molecule has 0 fully saturated rings. The van der Waals surface area contributed by atoms with Gasteiger partial charge in [-0.15, -0.1) is 0 Å². The van der Waals surface area contributed by atoms with Crippen LogP contribution in [0.4, 0.5) is 0 Å². The molecule has 0 saturated heterocycles. The first-order chi connectivity index (χ1) is 14.1. The molecule has 1 aromatic heterocycles. The molecule has 3 rings (SSSR count). The second-order valence-corrected chi connectivity index (χ2v) is 7.47. The van der Waals surface area contributed by atoms with Gasteiger partial charge in [-0.25, -0.2) is 0 Å². The Morgan fingerprint density at radius 2 is 1.66 bits per heavy atom. The Labute approximate surface area is 173 Å². The largest absolute Gasteiger partial charge is 0.491 e. The molecule has 0 unspecified atom stereocenters. The van der Waals surface area contributed by atoms with Gasteiger partial charge in [0, 0.05) is 31.5 Å². The van der Waals surface area contributed by atoms with Gasteiger partial charge in [0.2, 0.25) is 0 Å². The molecule has 0 bridgehead atoms. The minimum atomic E-state index is 0.000169. The van der Waals surface area contributed by atoms with E-state index < -0.39 is 0 Å². The Kier molecular flexibility index (Phi) is 7.44. The van der Waals surface area contributed by atoms with Gasteiger partial charge in [0.25, 0.3) is 0 Å². The molecule has 0 radical (unpaired) electrons. The van der Waals surface area contributed by atoms with Crippen molar-refractivity contribution in [2.75, 3.05) is 27.3 Å². The molecule has 2 aromatic carbocycles. The first-order valence-corrected chi connectivity index (χ1v) is 10.0. The molecule has 5 nitrogen and oxygen atoms in total. The average molecular weight is 394 g/mol. The normalized spacial score (nSPS) is 12.3. The molecule has 154 valence electrons. The quantitative estimate of drug-likeness (QED) is 0.520. The summed E-state index contributed by atoms with van der Waals surface area (Å²) in [6, 6.07) is 20.3. The van der Waals surface area contributed by atoms with E-state index in [1.165, 1.54) is 16.8 Å². The average Bonchev–Trinajstić information content (AvgIpc) is 3.00. The molecule has 0 aliphatic heterocycles. The van der Waals surface area contributed by atoms with Gasteiger partial charge in [-0.05, 0) is 38.6 Å². The highest BCUT2D eigenvalue weighted by atomic mass is 16.5. The van der Waals surface area contributed by atoms with Crippen molar-refractivity contribution in [3.05, 3.63) is 83.2 Å². The molecule has 0 saturated carbocycles. The smallest absolute Gasteiger partial charge is 0.119 e. The molecule has 0 aliphatic carbocycles. The molecule has 0 N–H and O–H groups in total. The van der Waals surface area contributed by atoms with E-state index in [0.29, 0.717) is 6.61 Å². The van der Waals surface area contributed by atoms with Crippen molar-refractivity contribution in [1.29, 1.82) is 0 Å². The van der Waals surface area contributed by atoms with E-state index in [4.69, 9.17) is 14.6 Å². The van der Waals surface area contributed by atoms with E-state index in [0.717, 1.165) is 31.1 Å². The van der Waals surface area contributed by atoms with E-state index >= 15 is 0 Å². The lowest BCUT2D eigenvalue weighted by atomic mass is 10.1. The summed E-state index contributed by atoms with van der Waals surface area (Å²) in [6.45, 7) is 7.17. The van der Waals surface area contributed by atoms with Crippen LogP contribution in [-0.4, -0.2) is 48.1 Å². The third-order valence-electron chi connectivity index (χ3n) is 5.16. The number of likely N-dealkylation sites (N-methyl/N-ethyl adjacent to an activating group) is 1. The van der Waals surface area contributed by atoms with Crippen molar-refractivity contribution in [3.8, 4) is 5.75 Å². The van der Waals surface area contributed by atoms with Crippen LogP contribution in [0, 0.1) is 13.8 Å². The zero-order valence-corrected chi connectivity index (χ0v) is 17.8. The number of aryl methyl sites for hydroxylation is 1. The molecule has 0 aliphatic rings. The van der Waals surface area contributed by atoms with E-state index in [1.54, 1.807) is 7.11 Å². The van der Waals surface area contributed by atoms with Gasteiger partial charge in [-0.1, -0.05) is 48.5 Å². The van der Waals surface area contributed by atoms with Crippen LogP contribution in [-0.2, 0) is 17.8 Å². The number of rotatable bonds is 10. The standard InChI is InChI=1S/C24H31N3O2/c1-19-24(20(2)27(25-19)15-21-11-7-5-8-12-21)17-26(3)16-23(28-4)18-29-22-13-9-6-10-14-22/h5-14,23H,15-18H2,1-4H3/t23-/m0/s1. The monoisotopic (exact) mass is 393 g/mol. The molecule has 5 heteroatoms. The summed E-state index contributed by atoms with van der Waals surface area (Å²) in [5.74, 6) is 0.867. The van der Waals surface area contributed by atoms with Gasteiger partial charge in [-0.2, -0.15) is 5.10 Å². The molecule has 1 atom stereocenters. The van der Waals surface area contributed by atoms with Gasteiger partial charge in [0.05, 0.1) is 12.2 Å². The van der Waals surface area contributed by atoms with E-state index in [1.807, 2.05) is 36.4 Å². The third kappa shape index (κ3) is 5.92. The highest BCUT2D eigenvalue weighted by Crippen LogP contribution is 2.17. The SMILES string of the molecule is CO[C@H](COc1ccccc1)CN(C)Cc1c(C)nn(Cc2ccccc2)c1C. The van der Waals surface area contributed by atoms with Crippen LogP contribution in [0.5, 0.6) is 5.75 Å². The van der Waals surface area contributed by atoms with Crippen molar-refractivity contribution in [1.82, 2.24) is 14.7 Å². The first-order valence-electron chi connectivity index (χ1n) is 10.0. The minimum Gasteiger partial charge on any atom is -0.491 e. The van der Waals surface area contributed by atoms with Crippen LogP contribution in [0.2, 0.25) is 0 Å². The summed E-state index contributed by atoms with van der Waals surface area (Å²) in [7, 11) is 3.85. The second kappa shape index (κ2) is 10.2. The lowest BCUT2D eigenvalue weighted by Crippen LogP contribution is -2.34. The van der Waals surface area contributed by atoms with Gasteiger partial charge >= 0.3 is 0 Å². The molecule has 1 heterocycles. The zero-order chi connectivity index (χ0) is 20.6. The summed E-state index contributed by atoms with van der Waals surface area (Å²) in [5, 5.41) is 4.77. The van der Waals surface area contributed by atoms with Crippen LogP contribution in [0.15, 0.2) is 60.7 Å². The lowest BCUT2D eigenvalue weighted by Gasteiger charge is -2.23. The fourth-order valence-electron chi connectivity index (χ4n) is 3.46. The first kappa shape index (κ1) is 21.1. The number of aromatic nitrogens is 2. The Bertz CT molecular complexity index is 878. The summed E-state index contributed by atoms with van der Waals surface area (Å²) in [5.41, 5.74) is 4.84. The molecule has 29 heavy (non-hydrogen) atoms. The predicted octanol–water partition coefficient (Wildman–Crippen LogP) is 4.07. The number of methoxy groups -OCH3 is 1. The summed E-state index contributed by atoms with van der Waals surface area (Å²) >= 11 is 0. The number of ether oxygens (including phenoxy) is 2. The van der Waals surface area contributed by atoms with Crippen molar-refractivity contribution < 1.29 is 9.47 Å². The van der Waals surface area contributed by atoms with Crippen molar-refractivity contribution in [2.45, 2.75) is 33.0 Å². The van der Waals surface area contributed by atoms with Gasteiger partial charge < -0.3 is 9.47 Å². The van der Waals surface area contributed by atoms with Crippen LogP contribution < -0.4 is 4.74 Å². The Hall–Kier alpha value is -2.63. The molecular weight excluding hydrogens is 362 g/mol. The molecule has 0 spiro atoms.